The van der Waals surface area contributed by atoms with Gasteiger partial charge in [0.05, 0.1) is 6.04 Å². The van der Waals surface area contributed by atoms with E-state index in [1.54, 1.807) is 12.1 Å². The second kappa shape index (κ2) is 8.17. The van der Waals surface area contributed by atoms with Crippen LogP contribution in [-0.4, -0.2) is 17.9 Å². The lowest BCUT2D eigenvalue weighted by molar-refractivity contribution is -0.124. The number of aryl methyl sites for hydroxylation is 1. The Balaban J connectivity index is 1.71. The molecule has 2 aromatic carbocycles. The second-order valence-electron chi connectivity index (χ2n) is 7.00. The van der Waals surface area contributed by atoms with Crippen molar-refractivity contribution in [2.24, 2.45) is 5.92 Å². The molecule has 2 amide bonds. The van der Waals surface area contributed by atoms with Gasteiger partial charge in [-0.2, -0.15) is 0 Å². The Labute approximate surface area is 155 Å². The molecule has 136 valence electrons. The zero-order valence-electron chi connectivity index (χ0n) is 15.4. The minimum absolute atomic E-state index is 0.0267. The monoisotopic (exact) mass is 350 g/mol. The molecule has 0 heterocycles. The smallest absolute Gasteiger partial charge is 0.251 e. The Morgan fingerprint density at radius 1 is 1.08 bits per heavy atom. The topological polar surface area (TPSA) is 58.2 Å². The Morgan fingerprint density at radius 3 is 2.50 bits per heavy atom. The van der Waals surface area contributed by atoms with E-state index in [9.17, 15) is 9.59 Å². The summed E-state index contributed by atoms with van der Waals surface area (Å²) < 4.78 is 0. The Bertz CT molecular complexity index is 773. The third-order valence-electron chi connectivity index (χ3n) is 5.27. The molecule has 0 saturated carbocycles. The lowest BCUT2D eigenvalue weighted by Gasteiger charge is -2.25. The van der Waals surface area contributed by atoms with Crippen molar-refractivity contribution < 1.29 is 9.59 Å². The third-order valence-corrected chi connectivity index (χ3v) is 5.27. The second-order valence-corrected chi connectivity index (χ2v) is 7.00. The van der Waals surface area contributed by atoms with Gasteiger partial charge in [-0.25, -0.2) is 0 Å². The number of fused-ring (bicyclic) bond motifs is 1. The van der Waals surface area contributed by atoms with Gasteiger partial charge in [0.1, 0.15) is 6.04 Å². The third kappa shape index (κ3) is 3.96. The van der Waals surface area contributed by atoms with E-state index in [1.807, 2.05) is 44.2 Å². The summed E-state index contributed by atoms with van der Waals surface area (Å²) >= 11 is 0. The van der Waals surface area contributed by atoms with Crippen LogP contribution in [0.5, 0.6) is 0 Å². The van der Waals surface area contributed by atoms with Gasteiger partial charge in [0.25, 0.3) is 5.91 Å². The molecule has 4 heteroatoms. The Hall–Kier alpha value is -2.62. The zero-order chi connectivity index (χ0) is 18.5. The summed E-state index contributed by atoms with van der Waals surface area (Å²) in [5, 5.41) is 6.08. The van der Waals surface area contributed by atoms with Crippen molar-refractivity contribution in [1.29, 1.82) is 0 Å². The van der Waals surface area contributed by atoms with E-state index in [-0.39, 0.29) is 23.8 Å². The lowest BCUT2D eigenvalue weighted by atomic mass is 9.97. The summed E-state index contributed by atoms with van der Waals surface area (Å²) in [4.78, 5) is 25.5. The first-order chi connectivity index (χ1) is 12.6. The molecule has 0 spiro atoms. The number of rotatable bonds is 6. The van der Waals surface area contributed by atoms with Gasteiger partial charge in [-0.15, -0.1) is 0 Å². The molecule has 3 rings (SSSR count). The highest BCUT2D eigenvalue weighted by atomic mass is 16.2. The Kier molecular flexibility index (Phi) is 5.71. The fourth-order valence-electron chi connectivity index (χ4n) is 3.48. The van der Waals surface area contributed by atoms with Gasteiger partial charge in [-0.05, 0) is 42.0 Å². The van der Waals surface area contributed by atoms with Crippen LogP contribution in [0.1, 0.15) is 54.2 Å². The van der Waals surface area contributed by atoms with Crippen molar-refractivity contribution in [3.05, 3.63) is 71.3 Å². The highest BCUT2D eigenvalue weighted by Gasteiger charge is 2.30. The van der Waals surface area contributed by atoms with Gasteiger partial charge in [0.15, 0.2) is 0 Å². The van der Waals surface area contributed by atoms with Crippen molar-refractivity contribution in [3.8, 4) is 0 Å². The molecule has 3 unspecified atom stereocenters. The summed E-state index contributed by atoms with van der Waals surface area (Å²) in [6, 6.07) is 16.7. The van der Waals surface area contributed by atoms with Crippen LogP contribution in [-0.2, 0) is 11.2 Å². The summed E-state index contributed by atoms with van der Waals surface area (Å²) in [6.45, 7) is 4.03. The first-order valence-electron chi connectivity index (χ1n) is 9.34. The van der Waals surface area contributed by atoms with Crippen LogP contribution in [0.25, 0.3) is 0 Å². The van der Waals surface area contributed by atoms with Crippen LogP contribution >= 0.6 is 0 Å². The predicted molar refractivity (Wildman–Crippen MR) is 103 cm³/mol. The molecule has 1 aliphatic carbocycles. The van der Waals surface area contributed by atoms with Crippen LogP contribution < -0.4 is 10.6 Å². The first-order valence-corrected chi connectivity index (χ1v) is 9.34. The van der Waals surface area contributed by atoms with E-state index in [1.165, 1.54) is 11.1 Å². The van der Waals surface area contributed by atoms with Gasteiger partial charge in [-0.3, -0.25) is 9.59 Å². The molecule has 0 bridgehead atoms. The van der Waals surface area contributed by atoms with Crippen LogP contribution in [0.4, 0.5) is 0 Å². The quantitative estimate of drug-likeness (QED) is 0.836. The Morgan fingerprint density at radius 2 is 1.77 bits per heavy atom. The molecule has 3 atom stereocenters. The SMILES string of the molecule is CCC(C)C(NC(=O)c1ccccc1)C(=O)NC1CCc2ccccc21. The van der Waals surface area contributed by atoms with Crippen molar-refractivity contribution in [2.75, 3.05) is 0 Å². The summed E-state index contributed by atoms with van der Waals surface area (Å²) in [5.41, 5.74) is 3.06. The lowest BCUT2D eigenvalue weighted by Crippen LogP contribution is -2.50. The number of nitrogens with one attached hydrogen (secondary N) is 2. The molecular formula is C22H26N2O2. The van der Waals surface area contributed by atoms with Gasteiger partial charge in [0.2, 0.25) is 5.91 Å². The maximum Gasteiger partial charge on any atom is 0.251 e. The van der Waals surface area contributed by atoms with E-state index >= 15 is 0 Å². The van der Waals surface area contributed by atoms with E-state index in [4.69, 9.17) is 0 Å². The van der Waals surface area contributed by atoms with Gasteiger partial charge in [-0.1, -0.05) is 62.7 Å². The predicted octanol–water partition coefficient (Wildman–Crippen LogP) is 3.63. The van der Waals surface area contributed by atoms with Crippen LogP contribution in [0.2, 0.25) is 0 Å². The minimum Gasteiger partial charge on any atom is -0.347 e. The van der Waals surface area contributed by atoms with E-state index in [0.717, 1.165) is 19.3 Å². The fourth-order valence-corrected chi connectivity index (χ4v) is 3.48. The van der Waals surface area contributed by atoms with Gasteiger partial charge >= 0.3 is 0 Å². The van der Waals surface area contributed by atoms with Crippen LogP contribution in [0.3, 0.4) is 0 Å². The molecule has 0 aromatic heterocycles. The van der Waals surface area contributed by atoms with E-state index < -0.39 is 6.04 Å². The van der Waals surface area contributed by atoms with Crippen molar-refractivity contribution in [1.82, 2.24) is 10.6 Å². The maximum absolute atomic E-state index is 13.0. The fraction of sp³-hybridized carbons (Fsp3) is 0.364. The number of hydrogen-bond donors (Lipinski definition) is 2. The van der Waals surface area contributed by atoms with Crippen molar-refractivity contribution in [2.45, 2.75) is 45.2 Å². The van der Waals surface area contributed by atoms with E-state index in [2.05, 4.69) is 22.8 Å². The number of carbonyl (C=O) groups excluding carboxylic acids is 2. The van der Waals surface area contributed by atoms with Crippen LogP contribution in [0.15, 0.2) is 54.6 Å². The molecule has 4 nitrogen and oxygen atoms in total. The highest BCUT2D eigenvalue weighted by molar-refractivity contribution is 5.97. The molecule has 0 radical (unpaired) electrons. The van der Waals surface area contributed by atoms with Crippen LogP contribution in [0, 0.1) is 5.92 Å². The maximum atomic E-state index is 13.0. The standard InChI is InChI=1S/C22H26N2O2/c1-3-15(2)20(24-21(25)17-10-5-4-6-11-17)22(26)23-19-14-13-16-9-7-8-12-18(16)19/h4-12,15,19-20H,3,13-14H2,1-2H3,(H,23,26)(H,24,25). The van der Waals surface area contributed by atoms with Crippen molar-refractivity contribution in [3.63, 3.8) is 0 Å². The molecule has 2 N–H and O–H groups in total. The summed E-state index contributed by atoms with van der Waals surface area (Å²) in [6.07, 6.45) is 2.70. The zero-order valence-corrected chi connectivity index (χ0v) is 15.4. The summed E-state index contributed by atoms with van der Waals surface area (Å²) in [5.74, 6) is -0.262. The molecule has 0 saturated heterocycles. The molecule has 0 fully saturated rings. The largest absolute Gasteiger partial charge is 0.347 e. The normalized spacial score (nSPS) is 17.8. The first kappa shape index (κ1) is 18.2. The van der Waals surface area contributed by atoms with Gasteiger partial charge < -0.3 is 10.6 Å². The number of carbonyl (C=O) groups is 2. The number of hydrogen-bond acceptors (Lipinski definition) is 2. The molecule has 2 aromatic rings. The molecule has 0 aliphatic heterocycles. The number of amides is 2. The molecule has 1 aliphatic rings. The van der Waals surface area contributed by atoms with E-state index in [0.29, 0.717) is 5.56 Å². The molecular weight excluding hydrogens is 324 g/mol. The summed E-state index contributed by atoms with van der Waals surface area (Å²) in [7, 11) is 0. The average molecular weight is 350 g/mol. The average Bonchev–Trinajstić information content (AvgIpc) is 3.09. The van der Waals surface area contributed by atoms with Gasteiger partial charge in [0, 0.05) is 5.56 Å². The molecule has 26 heavy (non-hydrogen) atoms. The number of benzene rings is 2. The minimum atomic E-state index is -0.541. The highest BCUT2D eigenvalue weighted by Crippen LogP contribution is 2.30. The van der Waals surface area contributed by atoms with Crippen molar-refractivity contribution >= 4 is 11.8 Å².